The second-order valence-corrected chi connectivity index (χ2v) is 6.48. The summed E-state index contributed by atoms with van der Waals surface area (Å²) in [5.41, 5.74) is 7.78. The highest BCUT2D eigenvalue weighted by Gasteiger charge is 2.27. The van der Waals surface area contributed by atoms with E-state index in [1.807, 2.05) is 59.5 Å². The van der Waals surface area contributed by atoms with Crippen molar-refractivity contribution >= 4 is 17.6 Å². The third-order valence-electron chi connectivity index (χ3n) is 4.63. The predicted molar refractivity (Wildman–Crippen MR) is 110 cm³/mol. The Hall–Kier alpha value is -3.06. The number of nitrogens with one attached hydrogen (secondary N) is 1. The maximum Gasteiger partial charge on any atom is 0.232 e. The van der Waals surface area contributed by atoms with Gasteiger partial charge in [0.05, 0.1) is 32.8 Å². The maximum atomic E-state index is 13.1. The monoisotopic (exact) mass is 382 g/mol. The van der Waals surface area contributed by atoms with Crippen LogP contribution < -0.4 is 15.8 Å². The van der Waals surface area contributed by atoms with Crippen molar-refractivity contribution in [1.82, 2.24) is 4.90 Å². The van der Waals surface area contributed by atoms with Crippen molar-refractivity contribution in [2.45, 2.75) is 5.92 Å². The van der Waals surface area contributed by atoms with E-state index in [9.17, 15) is 4.79 Å². The standard InChI is InChI=1S/C21H26N4O3/c1-27-18-9-7-17(8-10-18)24-21(22)23-15-19(16-5-3-2-4-6-16)20(26)25-11-13-28-14-12-25/h2-10,19H,11-15H2,1H3,(H3,22,23,24). The molecule has 3 N–H and O–H groups in total. The number of carbonyl (C=O) groups excluding carboxylic acids is 1. The lowest BCUT2D eigenvalue weighted by atomic mass is 9.97. The lowest BCUT2D eigenvalue weighted by Crippen LogP contribution is -2.43. The van der Waals surface area contributed by atoms with Gasteiger partial charge in [-0.25, -0.2) is 0 Å². The summed E-state index contributed by atoms with van der Waals surface area (Å²) in [5.74, 6) is 0.702. The molecule has 2 aromatic carbocycles. The molecule has 0 aliphatic carbocycles. The highest BCUT2D eigenvalue weighted by molar-refractivity contribution is 5.92. The fraction of sp³-hybridized carbons (Fsp3) is 0.333. The number of ether oxygens (including phenoxy) is 2. The number of anilines is 1. The van der Waals surface area contributed by atoms with Crippen LogP contribution in [0.15, 0.2) is 59.6 Å². The minimum atomic E-state index is -0.379. The summed E-state index contributed by atoms with van der Waals surface area (Å²) in [6.45, 7) is 2.61. The quantitative estimate of drug-likeness (QED) is 0.590. The van der Waals surface area contributed by atoms with Gasteiger partial charge in [-0.05, 0) is 29.8 Å². The van der Waals surface area contributed by atoms with Gasteiger partial charge in [-0.2, -0.15) is 0 Å². The predicted octanol–water partition coefficient (Wildman–Crippen LogP) is 2.06. The van der Waals surface area contributed by atoms with E-state index in [-0.39, 0.29) is 24.3 Å². The molecule has 1 aliphatic heterocycles. The van der Waals surface area contributed by atoms with Gasteiger partial charge >= 0.3 is 0 Å². The molecular formula is C21H26N4O3. The van der Waals surface area contributed by atoms with E-state index >= 15 is 0 Å². The first-order valence-corrected chi connectivity index (χ1v) is 9.30. The Morgan fingerprint density at radius 3 is 2.50 bits per heavy atom. The Labute approximate surface area is 165 Å². The number of carbonyl (C=O) groups is 1. The van der Waals surface area contributed by atoms with E-state index in [0.29, 0.717) is 26.3 Å². The number of amides is 1. The summed E-state index contributed by atoms with van der Waals surface area (Å²) in [6, 6.07) is 17.1. The lowest BCUT2D eigenvalue weighted by Gasteiger charge is -2.30. The van der Waals surface area contributed by atoms with Crippen molar-refractivity contribution in [3.8, 4) is 5.75 Å². The lowest BCUT2D eigenvalue weighted by molar-refractivity contribution is -0.136. The van der Waals surface area contributed by atoms with Crippen LogP contribution in [0, 0.1) is 0 Å². The van der Waals surface area contributed by atoms with Crippen LogP contribution in [0.1, 0.15) is 11.5 Å². The van der Waals surface area contributed by atoms with E-state index in [2.05, 4.69) is 10.3 Å². The number of morpholine rings is 1. The van der Waals surface area contributed by atoms with E-state index in [4.69, 9.17) is 15.2 Å². The Bertz CT molecular complexity index is 787. The first-order valence-electron chi connectivity index (χ1n) is 9.30. The number of rotatable bonds is 6. The summed E-state index contributed by atoms with van der Waals surface area (Å²) in [5, 5.41) is 3.05. The highest BCUT2D eigenvalue weighted by Crippen LogP contribution is 2.20. The number of hydrogen-bond donors (Lipinski definition) is 2. The number of methoxy groups -OCH3 is 1. The molecule has 148 valence electrons. The van der Waals surface area contributed by atoms with Crippen LogP contribution in [-0.4, -0.2) is 56.7 Å². The molecule has 3 rings (SSSR count). The van der Waals surface area contributed by atoms with E-state index in [0.717, 1.165) is 17.0 Å². The number of hydrogen-bond acceptors (Lipinski definition) is 4. The van der Waals surface area contributed by atoms with Gasteiger partial charge < -0.3 is 25.4 Å². The zero-order valence-corrected chi connectivity index (χ0v) is 16.0. The van der Waals surface area contributed by atoms with Crippen LogP contribution in [0.3, 0.4) is 0 Å². The first kappa shape index (κ1) is 19.7. The maximum absolute atomic E-state index is 13.1. The average molecular weight is 382 g/mol. The fourth-order valence-corrected chi connectivity index (χ4v) is 3.07. The molecule has 1 fully saturated rings. The van der Waals surface area contributed by atoms with Crippen molar-refractivity contribution in [3.63, 3.8) is 0 Å². The van der Waals surface area contributed by atoms with E-state index in [1.54, 1.807) is 7.11 Å². The second-order valence-electron chi connectivity index (χ2n) is 6.48. The zero-order chi connectivity index (χ0) is 19.8. The largest absolute Gasteiger partial charge is 0.497 e. The highest BCUT2D eigenvalue weighted by atomic mass is 16.5. The van der Waals surface area contributed by atoms with Gasteiger partial charge in [-0.1, -0.05) is 30.3 Å². The SMILES string of the molecule is COc1ccc(NC(N)=NCC(C(=O)N2CCOCC2)c2ccccc2)cc1. The van der Waals surface area contributed by atoms with Gasteiger partial charge in [0.25, 0.3) is 0 Å². The molecule has 1 heterocycles. The van der Waals surface area contributed by atoms with Crippen molar-refractivity contribution in [2.24, 2.45) is 10.7 Å². The minimum Gasteiger partial charge on any atom is -0.497 e. The molecule has 0 bridgehead atoms. The topological polar surface area (TPSA) is 89.2 Å². The summed E-state index contributed by atoms with van der Waals surface area (Å²) in [7, 11) is 1.62. The smallest absolute Gasteiger partial charge is 0.232 e. The number of benzene rings is 2. The van der Waals surface area contributed by atoms with Crippen LogP contribution in [0.5, 0.6) is 5.75 Å². The Kier molecular flexibility index (Phi) is 6.86. The molecule has 28 heavy (non-hydrogen) atoms. The zero-order valence-electron chi connectivity index (χ0n) is 16.0. The molecule has 7 heteroatoms. The molecule has 7 nitrogen and oxygen atoms in total. The minimum absolute atomic E-state index is 0.0514. The van der Waals surface area contributed by atoms with Crippen LogP contribution in [-0.2, 0) is 9.53 Å². The first-order chi connectivity index (χ1) is 13.7. The van der Waals surface area contributed by atoms with Gasteiger partial charge in [0.1, 0.15) is 5.75 Å². The van der Waals surface area contributed by atoms with Crippen molar-refractivity contribution in [1.29, 1.82) is 0 Å². The molecule has 0 spiro atoms. The Balaban J connectivity index is 1.70. The van der Waals surface area contributed by atoms with E-state index < -0.39 is 0 Å². The summed E-state index contributed by atoms with van der Waals surface area (Å²) < 4.78 is 10.5. The molecule has 0 radical (unpaired) electrons. The fourth-order valence-electron chi connectivity index (χ4n) is 3.07. The van der Waals surface area contributed by atoms with Gasteiger partial charge in [0, 0.05) is 18.8 Å². The summed E-state index contributed by atoms with van der Waals surface area (Å²) in [6.07, 6.45) is 0. The van der Waals surface area contributed by atoms with Crippen molar-refractivity contribution < 1.29 is 14.3 Å². The van der Waals surface area contributed by atoms with Gasteiger partial charge in [0.15, 0.2) is 5.96 Å². The van der Waals surface area contributed by atoms with Crippen LogP contribution in [0.4, 0.5) is 5.69 Å². The number of nitrogens with two attached hydrogens (primary N) is 1. The molecule has 1 unspecified atom stereocenters. The van der Waals surface area contributed by atoms with Crippen molar-refractivity contribution in [2.75, 3.05) is 45.3 Å². The molecule has 0 aromatic heterocycles. The van der Waals surface area contributed by atoms with Crippen LogP contribution >= 0.6 is 0 Å². The second kappa shape index (κ2) is 9.75. The number of guanidine groups is 1. The average Bonchev–Trinajstić information content (AvgIpc) is 2.75. The Morgan fingerprint density at radius 1 is 1.18 bits per heavy atom. The molecular weight excluding hydrogens is 356 g/mol. The van der Waals surface area contributed by atoms with Gasteiger partial charge in [-0.3, -0.25) is 9.79 Å². The summed E-state index contributed by atoms with van der Waals surface area (Å²) in [4.78, 5) is 19.3. The third kappa shape index (κ3) is 5.23. The van der Waals surface area contributed by atoms with Crippen LogP contribution in [0.2, 0.25) is 0 Å². The Morgan fingerprint density at radius 2 is 1.86 bits per heavy atom. The number of aliphatic imine (C=N–C) groups is 1. The number of nitrogens with zero attached hydrogens (tertiary/aromatic N) is 2. The van der Waals surface area contributed by atoms with Crippen LogP contribution in [0.25, 0.3) is 0 Å². The van der Waals surface area contributed by atoms with Crippen molar-refractivity contribution in [3.05, 3.63) is 60.2 Å². The summed E-state index contributed by atoms with van der Waals surface area (Å²) >= 11 is 0. The van der Waals surface area contributed by atoms with Gasteiger partial charge in [-0.15, -0.1) is 0 Å². The molecule has 0 saturated carbocycles. The molecule has 1 aliphatic rings. The normalized spacial score (nSPS) is 15.8. The molecule has 1 saturated heterocycles. The van der Waals surface area contributed by atoms with E-state index in [1.165, 1.54) is 0 Å². The molecule has 1 amide bonds. The van der Waals surface area contributed by atoms with Gasteiger partial charge in [0.2, 0.25) is 5.91 Å². The third-order valence-corrected chi connectivity index (χ3v) is 4.63. The molecule has 2 aromatic rings. The molecule has 1 atom stereocenters.